The van der Waals surface area contributed by atoms with Crippen molar-refractivity contribution in [1.29, 1.82) is 0 Å². The van der Waals surface area contributed by atoms with E-state index < -0.39 is 5.97 Å². The molecule has 0 atom stereocenters. The van der Waals surface area contributed by atoms with E-state index in [9.17, 15) is 14.4 Å². The van der Waals surface area contributed by atoms with Gasteiger partial charge in [0.05, 0.1) is 11.1 Å². The largest absolute Gasteiger partial charge is 0.426 e. The van der Waals surface area contributed by atoms with Crippen LogP contribution in [0, 0.1) is 13.8 Å². The fourth-order valence-electron chi connectivity index (χ4n) is 3.58. The van der Waals surface area contributed by atoms with Crippen LogP contribution in [0.1, 0.15) is 44.9 Å². The molecular formula is C24H21BrN4O4. The molecule has 8 nitrogen and oxygen atoms in total. The molecule has 3 aromatic rings. The lowest BCUT2D eigenvalue weighted by atomic mass is 10.1. The number of nitrogens with zero attached hydrogens (tertiary/aromatic N) is 3. The van der Waals surface area contributed by atoms with Crippen molar-refractivity contribution in [3.8, 4) is 5.75 Å². The van der Waals surface area contributed by atoms with E-state index in [2.05, 4.69) is 31.2 Å². The molecule has 0 aliphatic carbocycles. The molecule has 0 fully saturated rings. The van der Waals surface area contributed by atoms with Gasteiger partial charge in [0.25, 0.3) is 11.8 Å². The molecule has 2 aromatic carbocycles. The van der Waals surface area contributed by atoms with Gasteiger partial charge in [0.2, 0.25) is 5.95 Å². The van der Waals surface area contributed by atoms with Crippen molar-refractivity contribution in [2.75, 3.05) is 11.9 Å². The number of rotatable bonds is 7. The Kier molecular flexibility index (Phi) is 6.50. The molecule has 0 bridgehead atoms. The number of esters is 1. The highest BCUT2D eigenvalue weighted by molar-refractivity contribution is 9.10. The standard InChI is InChI=1S/C24H21BrN4O4/c1-14-11-15(2)27-24(26-14)28-17-5-3-6-18(13-17)33-21(30)7-4-10-29-22(31)19-9-8-16(25)12-20(19)23(29)32/h3,5-6,8-9,11-13H,4,7,10H2,1-2H3,(H,26,27,28). The maximum atomic E-state index is 12.5. The number of halogens is 1. The molecule has 168 valence electrons. The predicted octanol–water partition coefficient (Wildman–Crippen LogP) is 4.58. The maximum Gasteiger partial charge on any atom is 0.311 e. The van der Waals surface area contributed by atoms with Crippen molar-refractivity contribution >= 4 is 45.3 Å². The Morgan fingerprint density at radius 1 is 1.00 bits per heavy atom. The predicted molar refractivity (Wildman–Crippen MR) is 126 cm³/mol. The molecule has 0 spiro atoms. The van der Waals surface area contributed by atoms with Gasteiger partial charge in [-0.05, 0) is 56.7 Å². The summed E-state index contributed by atoms with van der Waals surface area (Å²) in [5, 5.41) is 3.10. The van der Waals surface area contributed by atoms with Gasteiger partial charge in [-0.1, -0.05) is 22.0 Å². The normalized spacial score (nSPS) is 12.6. The van der Waals surface area contributed by atoms with Gasteiger partial charge < -0.3 is 10.1 Å². The van der Waals surface area contributed by atoms with Crippen LogP contribution in [0.2, 0.25) is 0 Å². The van der Waals surface area contributed by atoms with Crippen LogP contribution in [-0.4, -0.2) is 39.2 Å². The monoisotopic (exact) mass is 508 g/mol. The summed E-state index contributed by atoms with van der Waals surface area (Å²) in [5.74, 6) is -0.307. The average molecular weight is 509 g/mol. The summed E-state index contributed by atoms with van der Waals surface area (Å²) in [7, 11) is 0. The fourth-order valence-corrected chi connectivity index (χ4v) is 3.94. The Balaban J connectivity index is 1.31. The van der Waals surface area contributed by atoms with E-state index in [1.807, 2.05) is 26.0 Å². The van der Waals surface area contributed by atoms with Gasteiger partial charge in [0.15, 0.2) is 0 Å². The zero-order valence-electron chi connectivity index (χ0n) is 18.1. The summed E-state index contributed by atoms with van der Waals surface area (Å²) in [6, 6.07) is 13.8. The number of ether oxygens (including phenoxy) is 1. The number of hydrogen-bond donors (Lipinski definition) is 1. The summed E-state index contributed by atoms with van der Waals surface area (Å²) >= 11 is 3.31. The topological polar surface area (TPSA) is 101 Å². The Hall–Kier alpha value is -3.59. The highest BCUT2D eigenvalue weighted by atomic mass is 79.9. The minimum atomic E-state index is -0.450. The van der Waals surface area contributed by atoms with Crippen LogP contribution in [0.15, 0.2) is 53.0 Å². The van der Waals surface area contributed by atoms with E-state index in [1.165, 1.54) is 4.90 Å². The first kappa shape index (κ1) is 22.6. The fraction of sp³-hybridized carbons (Fsp3) is 0.208. The third-order valence-corrected chi connectivity index (χ3v) is 5.49. The van der Waals surface area contributed by atoms with Crippen LogP contribution < -0.4 is 10.1 Å². The Bertz CT molecular complexity index is 1240. The van der Waals surface area contributed by atoms with Crippen molar-refractivity contribution in [2.45, 2.75) is 26.7 Å². The summed E-state index contributed by atoms with van der Waals surface area (Å²) in [6.45, 7) is 3.92. The van der Waals surface area contributed by atoms with E-state index >= 15 is 0 Å². The van der Waals surface area contributed by atoms with Crippen LogP contribution in [0.3, 0.4) is 0 Å². The third-order valence-electron chi connectivity index (χ3n) is 5.00. The molecular weight excluding hydrogens is 488 g/mol. The quantitative estimate of drug-likeness (QED) is 0.283. The van der Waals surface area contributed by atoms with Gasteiger partial charge >= 0.3 is 5.97 Å². The zero-order valence-corrected chi connectivity index (χ0v) is 19.7. The van der Waals surface area contributed by atoms with Crippen molar-refractivity contribution in [3.05, 3.63) is 75.5 Å². The Morgan fingerprint density at radius 2 is 1.73 bits per heavy atom. The number of fused-ring (bicyclic) bond motifs is 1. The Morgan fingerprint density at radius 3 is 2.48 bits per heavy atom. The third kappa shape index (κ3) is 5.25. The van der Waals surface area contributed by atoms with Crippen molar-refractivity contribution in [3.63, 3.8) is 0 Å². The number of hydrogen-bond acceptors (Lipinski definition) is 7. The summed E-state index contributed by atoms with van der Waals surface area (Å²) in [5.41, 5.74) is 3.12. The first-order chi connectivity index (χ1) is 15.8. The average Bonchev–Trinajstić information content (AvgIpc) is 2.97. The highest BCUT2D eigenvalue weighted by Gasteiger charge is 2.35. The van der Waals surface area contributed by atoms with Crippen LogP contribution in [-0.2, 0) is 4.79 Å². The second-order valence-electron chi connectivity index (χ2n) is 7.66. The first-order valence-corrected chi connectivity index (χ1v) is 11.2. The number of benzene rings is 2. The lowest BCUT2D eigenvalue weighted by Crippen LogP contribution is -2.31. The molecule has 4 rings (SSSR count). The zero-order chi connectivity index (χ0) is 23.5. The molecule has 1 aliphatic rings. The number of carbonyl (C=O) groups excluding carboxylic acids is 3. The minimum absolute atomic E-state index is 0.0644. The van der Waals surface area contributed by atoms with Gasteiger partial charge in [-0.2, -0.15) is 0 Å². The second kappa shape index (κ2) is 9.50. The van der Waals surface area contributed by atoms with E-state index in [1.54, 1.807) is 36.4 Å². The molecule has 2 amide bonds. The number of anilines is 2. The molecule has 1 aromatic heterocycles. The molecule has 1 N–H and O–H groups in total. The molecule has 0 saturated heterocycles. The smallest absolute Gasteiger partial charge is 0.311 e. The van der Waals surface area contributed by atoms with Gasteiger partial charge in [0, 0.05) is 40.6 Å². The van der Waals surface area contributed by atoms with E-state index in [0.29, 0.717) is 34.9 Å². The van der Waals surface area contributed by atoms with Gasteiger partial charge in [-0.3, -0.25) is 19.3 Å². The molecule has 33 heavy (non-hydrogen) atoms. The van der Waals surface area contributed by atoms with Gasteiger partial charge in [0.1, 0.15) is 5.75 Å². The second-order valence-corrected chi connectivity index (χ2v) is 8.57. The maximum absolute atomic E-state index is 12.5. The number of amides is 2. The van der Waals surface area contributed by atoms with Gasteiger partial charge in [-0.15, -0.1) is 0 Å². The van der Waals surface area contributed by atoms with Crippen LogP contribution in [0.5, 0.6) is 5.75 Å². The summed E-state index contributed by atoms with van der Waals surface area (Å²) in [4.78, 5) is 47.1. The number of carbonyl (C=O) groups is 3. The van der Waals surface area contributed by atoms with Crippen LogP contribution in [0.25, 0.3) is 0 Å². The van der Waals surface area contributed by atoms with Crippen molar-refractivity contribution < 1.29 is 19.1 Å². The Labute approximate surface area is 199 Å². The molecule has 0 radical (unpaired) electrons. The number of imide groups is 1. The van der Waals surface area contributed by atoms with Gasteiger partial charge in [-0.25, -0.2) is 9.97 Å². The molecule has 0 unspecified atom stereocenters. The van der Waals surface area contributed by atoms with E-state index in [4.69, 9.17) is 4.74 Å². The number of nitrogens with one attached hydrogen (secondary N) is 1. The van der Waals surface area contributed by atoms with Crippen molar-refractivity contribution in [2.24, 2.45) is 0 Å². The molecule has 9 heteroatoms. The lowest BCUT2D eigenvalue weighted by molar-refractivity contribution is -0.134. The summed E-state index contributed by atoms with van der Waals surface area (Å²) < 4.78 is 6.15. The first-order valence-electron chi connectivity index (χ1n) is 10.4. The summed E-state index contributed by atoms with van der Waals surface area (Å²) in [6.07, 6.45) is 0.370. The van der Waals surface area contributed by atoms with Crippen LogP contribution in [0.4, 0.5) is 11.6 Å². The number of aryl methyl sites for hydroxylation is 2. The lowest BCUT2D eigenvalue weighted by Gasteiger charge is -2.13. The van der Waals surface area contributed by atoms with Crippen molar-refractivity contribution in [1.82, 2.24) is 14.9 Å². The number of aromatic nitrogens is 2. The minimum Gasteiger partial charge on any atom is -0.426 e. The highest BCUT2D eigenvalue weighted by Crippen LogP contribution is 2.26. The van der Waals surface area contributed by atoms with E-state index in [-0.39, 0.29) is 24.8 Å². The van der Waals surface area contributed by atoms with E-state index in [0.717, 1.165) is 15.9 Å². The molecule has 2 heterocycles. The molecule has 1 aliphatic heterocycles. The SMILES string of the molecule is Cc1cc(C)nc(Nc2cccc(OC(=O)CCCN3C(=O)c4ccc(Br)cc4C3=O)c2)n1. The molecule has 0 saturated carbocycles. The van der Waals surface area contributed by atoms with Crippen LogP contribution >= 0.6 is 15.9 Å².